The van der Waals surface area contributed by atoms with Crippen LogP contribution in [0.1, 0.15) is 316 Å². The number of phosphoric acid groups is 1. The molecule has 0 amide bonds. The smallest absolute Gasteiger partial charge is 0.306 e. The quantitative estimate of drug-likeness (QED) is 0.0195. The first-order valence-electron chi connectivity index (χ1n) is 31.5. The Balaban J connectivity index is 3.89. The van der Waals surface area contributed by atoms with Crippen molar-refractivity contribution in [2.45, 2.75) is 322 Å². The van der Waals surface area contributed by atoms with Crippen molar-refractivity contribution in [3.63, 3.8) is 0 Å². The molecular formula is C63H122NO8P. The Morgan fingerprint density at radius 2 is 0.753 bits per heavy atom. The number of hydrogen-bond acceptors (Lipinski definition) is 8. The summed E-state index contributed by atoms with van der Waals surface area (Å²) >= 11 is 0. The number of carbonyl (C=O) groups excluding carboxylic acids is 2. The van der Waals surface area contributed by atoms with Gasteiger partial charge in [0, 0.05) is 12.8 Å². The van der Waals surface area contributed by atoms with E-state index >= 15 is 0 Å². The van der Waals surface area contributed by atoms with Crippen LogP contribution in [0.15, 0.2) is 24.3 Å². The molecule has 432 valence electrons. The Morgan fingerprint density at radius 1 is 0.425 bits per heavy atom. The zero-order valence-corrected chi connectivity index (χ0v) is 50.0. The predicted octanol–water partition coefficient (Wildman–Crippen LogP) is 19.1. The molecule has 0 saturated carbocycles. The second kappa shape index (κ2) is 55.3. The number of phosphoric ester groups is 1. The first-order valence-corrected chi connectivity index (χ1v) is 33.0. The average molecular weight is 1050 g/mol. The first kappa shape index (κ1) is 71.5. The summed E-state index contributed by atoms with van der Waals surface area (Å²) in [4.78, 5) is 37.8. The molecule has 0 rings (SSSR count). The SMILES string of the molecule is CCCC/C=C\C/C=C\CCCCCCCC(=O)OC(COC(=O)CCCCCCCCCCCCCCCCCCCCCCCCCCCCCCCCCCCCC)COP(=O)([O-])OCC[N+](C)(C)C. The maximum absolute atomic E-state index is 12.7. The number of ether oxygens (including phenoxy) is 2. The molecule has 0 saturated heterocycles. The third-order valence-corrected chi connectivity index (χ3v) is 15.2. The highest BCUT2D eigenvalue weighted by Gasteiger charge is 2.22. The van der Waals surface area contributed by atoms with Crippen LogP contribution in [-0.4, -0.2) is 70.0 Å². The van der Waals surface area contributed by atoms with Crippen LogP contribution in [0.3, 0.4) is 0 Å². The van der Waals surface area contributed by atoms with Gasteiger partial charge in [0.15, 0.2) is 6.10 Å². The van der Waals surface area contributed by atoms with Gasteiger partial charge >= 0.3 is 11.9 Å². The number of unbranched alkanes of at least 4 members (excludes halogenated alkanes) is 41. The third kappa shape index (κ3) is 59.6. The van der Waals surface area contributed by atoms with Gasteiger partial charge in [-0.05, 0) is 38.5 Å². The number of esters is 2. The maximum atomic E-state index is 12.7. The van der Waals surface area contributed by atoms with Gasteiger partial charge in [0.05, 0.1) is 27.7 Å². The van der Waals surface area contributed by atoms with Crippen molar-refractivity contribution in [2.24, 2.45) is 0 Å². The van der Waals surface area contributed by atoms with Gasteiger partial charge in [-0.1, -0.05) is 289 Å². The summed E-state index contributed by atoms with van der Waals surface area (Å²) in [6.45, 7) is 4.23. The van der Waals surface area contributed by atoms with E-state index in [2.05, 4.69) is 38.2 Å². The molecule has 0 aliphatic heterocycles. The van der Waals surface area contributed by atoms with Crippen LogP contribution in [0.4, 0.5) is 0 Å². The Kier molecular flexibility index (Phi) is 54.1. The fourth-order valence-electron chi connectivity index (χ4n) is 9.32. The molecule has 0 heterocycles. The van der Waals surface area contributed by atoms with E-state index in [1.807, 2.05) is 21.1 Å². The van der Waals surface area contributed by atoms with Crippen molar-refractivity contribution in [1.82, 2.24) is 0 Å². The lowest BCUT2D eigenvalue weighted by molar-refractivity contribution is -0.870. The highest BCUT2D eigenvalue weighted by molar-refractivity contribution is 7.45. The molecule has 0 aromatic heterocycles. The number of carbonyl (C=O) groups is 2. The molecule has 0 aliphatic rings. The highest BCUT2D eigenvalue weighted by atomic mass is 31.2. The molecule has 9 nitrogen and oxygen atoms in total. The van der Waals surface area contributed by atoms with Crippen LogP contribution in [0.5, 0.6) is 0 Å². The molecule has 73 heavy (non-hydrogen) atoms. The van der Waals surface area contributed by atoms with Gasteiger partial charge in [-0.15, -0.1) is 0 Å². The molecule has 0 radical (unpaired) electrons. The molecule has 2 atom stereocenters. The van der Waals surface area contributed by atoms with Gasteiger partial charge in [-0.25, -0.2) is 0 Å². The summed E-state index contributed by atoms with van der Waals surface area (Å²) in [5.41, 5.74) is 0. The number of quaternary nitrogens is 1. The van der Waals surface area contributed by atoms with Gasteiger partial charge in [0.2, 0.25) is 0 Å². The minimum absolute atomic E-state index is 0.0315. The average Bonchev–Trinajstić information content (AvgIpc) is 3.35. The van der Waals surface area contributed by atoms with Crippen molar-refractivity contribution in [3.8, 4) is 0 Å². The predicted molar refractivity (Wildman–Crippen MR) is 310 cm³/mol. The maximum Gasteiger partial charge on any atom is 0.306 e. The molecule has 0 aromatic carbocycles. The fourth-order valence-corrected chi connectivity index (χ4v) is 10.1. The third-order valence-electron chi connectivity index (χ3n) is 14.2. The number of likely N-dealkylation sites (N-methyl/N-ethyl adjacent to an activating group) is 1. The van der Waals surface area contributed by atoms with Crippen LogP contribution in [0.2, 0.25) is 0 Å². The van der Waals surface area contributed by atoms with Crippen LogP contribution < -0.4 is 4.89 Å². The largest absolute Gasteiger partial charge is 0.756 e. The van der Waals surface area contributed by atoms with Crippen LogP contribution in [0.25, 0.3) is 0 Å². The molecule has 0 fully saturated rings. The first-order chi connectivity index (χ1) is 35.5. The van der Waals surface area contributed by atoms with E-state index in [4.69, 9.17) is 18.5 Å². The summed E-state index contributed by atoms with van der Waals surface area (Å²) in [5, 5.41) is 0. The highest BCUT2D eigenvalue weighted by Crippen LogP contribution is 2.38. The summed E-state index contributed by atoms with van der Waals surface area (Å²) in [5.74, 6) is -0.835. The van der Waals surface area contributed by atoms with E-state index in [0.717, 1.165) is 64.2 Å². The Labute approximate surface area is 453 Å². The number of nitrogens with zero attached hydrogens (tertiary/aromatic N) is 1. The minimum atomic E-state index is -4.63. The van der Waals surface area contributed by atoms with E-state index in [0.29, 0.717) is 17.4 Å². The Bertz CT molecular complexity index is 1280. The lowest BCUT2D eigenvalue weighted by Gasteiger charge is -2.28. The van der Waals surface area contributed by atoms with E-state index in [-0.39, 0.29) is 32.0 Å². The van der Waals surface area contributed by atoms with Crippen molar-refractivity contribution >= 4 is 19.8 Å². The second-order valence-corrected chi connectivity index (χ2v) is 24.2. The van der Waals surface area contributed by atoms with Gasteiger partial charge in [0.1, 0.15) is 19.8 Å². The van der Waals surface area contributed by atoms with Crippen LogP contribution >= 0.6 is 7.82 Å². The molecule has 10 heteroatoms. The lowest BCUT2D eigenvalue weighted by Crippen LogP contribution is -2.37. The van der Waals surface area contributed by atoms with Crippen molar-refractivity contribution in [1.29, 1.82) is 0 Å². The molecule has 0 bridgehead atoms. The van der Waals surface area contributed by atoms with Gasteiger partial charge in [-0.2, -0.15) is 0 Å². The molecule has 0 N–H and O–H groups in total. The van der Waals surface area contributed by atoms with Crippen molar-refractivity contribution in [2.75, 3.05) is 47.5 Å². The Morgan fingerprint density at radius 3 is 1.12 bits per heavy atom. The van der Waals surface area contributed by atoms with Gasteiger partial charge < -0.3 is 27.9 Å². The van der Waals surface area contributed by atoms with Gasteiger partial charge in [-0.3, -0.25) is 14.2 Å². The monoisotopic (exact) mass is 1050 g/mol. The van der Waals surface area contributed by atoms with E-state index < -0.39 is 26.5 Å². The second-order valence-electron chi connectivity index (χ2n) is 22.8. The zero-order valence-electron chi connectivity index (χ0n) is 49.1. The minimum Gasteiger partial charge on any atom is -0.756 e. The standard InChI is InChI=1S/C63H122NO8P/c1-6-8-10-12-14-16-18-20-22-23-24-25-26-27-28-29-30-31-32-33-34-35-36-37-38-39-40-41-42-44-45-47-49-51-53-55-62(65)69-59-61(60-71-73(67,68)70-58-57-64(3,4)5)72-63(66)56-54-52-50-48-46-43-21-19-17-15-13-11-9-7-2/h13,15,19,21,61H,6-12,14,16-18,20,22-60H2,1-5H3/b15-13-,21-19-. The summed E-state index contributed by atoms with van der Waals surface area (Å²) < 4.78 is 34.1. The molecule has 0 aromatic rings. The molecular weight excluding hydrogens is 930 g/mol. The van der Waals surface area contributed by atoms with E-state index in [1.165, 1.54) is 218 Å². The lowest BCUT2D eigenvalue weighted by atomic mass is 10.0. The number of hydrogen-bond donors (Lipinski definition) is 0. The summed E-state index contributed by atoms with van der Waals surface area (Å²) in [6.07, 6.45) is 67.0. The number of allylic oxidation sites excluding steroid dienone is 4. The fraction of sp³-hybridized carbons (Fsp3) is 0.905. The summed E-state index contributed by atoms with van der Waals surface area (Å²) in [6, 6.07) is 0. The summed E-state index contributed by atoms with van der Waals surface area (Å²) in [7, 11) is 1.17. The molecule has 2 unspecified atom stereocenters. The van der Waals surface area contributed by atoms with E-state index in [9.17, 15) is 19.0 Å². The van der Waals surface area contributed by atoms with Crippen LogP contribution in [-0.2, 0) is 32.7 Å². The van der Waals surface area contributed by atoms with Crippen molar-refractivity contribution < 1.29 is 42.1 Å². The normalized spacial score (nSPS) is 13.3. The zero-order chi connectivity index (χ0) is 53.5. The molecule has 0 spiro atoms. The number of rotatable bonds is 59. The molecule has 0 aliphatic carbocycles. The van der Waals surface area contributed by atoms with E-state index in [1.54, 1.807) is 0 Å². The topological polar surface area (TPSA) is 111 Å². The Hall–Kier alpha value is -1.51. The van der Waals surface area contributed by atoms with Gasteiger partial charge in [0.25, 0.3) is 7.82 Å². The van der Waals surface area contributed by atoms with Crippen LogP contribution in [0, 0.1) is 0 Å². The van der Waals surface area contributed by atoms with Crippen molar-refractivity contribution in [3.05, 3.63) is 24.3 Å².